The molecule has 0 aliphatic carbocycles. The smallest absolute Gasteiger partial charge is 0.275 e. The van der Waals surface area contributed by atoms with Gasteiger partial charge in [0.25, 0.3) is 5.91 Å². The van der Waals surface area contributed by atoms with Crippen LogP contribution in [-0.2, 0) is 11.3 Å². The second-order valence-corrected chi connectivity index (χ2v) is 6.95. The number of methoxy groups -OCH3 is 1. The van der Waals surface area contributed by atoms with Gasteiger partial charge >= 0.3 is 0 Å². The number of hydrogen-bond donors (Lipinski definition) is 2. The van der Waals surface area contributed by atoms with E-state index in [1.54, 1.807) is 7.11 Å². The maximum absolute atomic E-state index is 12.2. The molecule has 3 rings (SSSR count). The Kier molecular flexibility index (Phi) is 6.36. The number of hydrogen-bond acceptors (Lipinski definition) is 3. The van der Waals surface area contributed by atoms with E-state index in [4.69, 9.17) is 16.3 Å². The van der Waals surface area contributed by atoms with Gasteiger partial charge in [-0.25, -0.2) is 0 Å². The standard InChI is InChI=1S/C20H24ClN3O2/c1-26-19-7-5-16(6-8-19)14-22-20(25)15-23-9-11-24(12-10-23)18-4-2-3-17(21)13-18/h2-8,13H,9-12,14-15H2,1H3,(H,22,25)/p+1. The number of carbonyl (C=O) groups is 1. The first-order chi connectivity index (χ1) is 12.6. The molecular weight excluding hydrogens is 350 g/mol. The molecule has 0 spiro atoms. The van der Waals surface area contributed by atoms with E-state index in [0.29, 0.717) is 13.1 Å². The number of carbonyl (C=O) groups excluding carboxylic acids is 1. The molecule has 1 amide bonds. The Morgan fingerprint density at radius 1 is 1.19 bits per heavy atom. The Hall–Kier alpha value is -2.24. The lowest BCUT2D eigenvalue weighted by atomic mass is 10.2. The Morgan fingerprint density at radius 2 is 1.92 bits per heavy atom. The van der Waals surface area contributed by atoms with Crippen LogP contribution in [0, 0.1) is 0 Å². The number of anilines is 1. The summed E-state index contributed by atoms with van der Waals surface area (Å²) < 4.78 is 5.14. The van der Waals surface area contributed by atoms with Crippen molar-refractivity contribution in [3.63, 3.8) is 0 Å². The molecule has 0 saturated carbocycles. The van der Waals surface area contributed by atoms with Gasteiger partial charge in [-0.3, -0.25) is 4.79 Å². The minimum atomic E-state index is 0.0898. The van der Waals surface area contributed by atoms with Gasteiger partial charge in [0.05, 0.1) is 33.3 Å². The molecule has 26 heavy (non-hydrogen) atoms. The molecule has 2 aromatic rings. The average molecular weight is 375 g/mol. The van der Waals surface area contributed by atoms with E-state index < -0.39 is 0 Å². The number of nitrogens with one attached hydrogen (secondary N) is 2. The zero-order chi connectivity index (χ0) is 18.4. The largest absolute Gasteiger partial charge is 0.497 e. The van der Waals surface area contributed by atoms with E-state index in [-0.39, 0.29) is 5.91 Å². The van der Waals surface area contributed by atoms with E-state index >= 15 is 0 Å². The minimum absolute atomic E-state index is 0.0898. The van der Waals surface area contributed by atoms with Crippen LogP contribution in [0.15, 0.2) is 48.5 Å². The van der Waals surface area contributed by atoms with Gasteiger partial charge < -0.3 is 19.9 Å². The molecular formula is C20H25ClN3O2+. The van der Waals surface area contributed by atoms with Crippen molar-refractivity contribution in [3.05, 3.63) is 59.1 Å². The van der Waals surface area contributed by atoms with Crippen LogP contribution in [0.25, 0.3) is 0 Å². The summed E-state index contributed by atoms with van der Waals surface area (Å²) in [5, 5.41) is 3.76. The molecule has 2 aromatic carbocycles. The van der Waals surface area contributed by atoms with Crippen LogP contribution in [-0.4, -0.2) is 45.7 Å². The summed E-state index contributed by atoms with van der Waals surface area (Å²) in [5.41, 5.74) is 2.22. The fraction of sp³-hybridized carbons (Fsp3) is 0.350. The minimum Gasteiger partial charge on any atom is -0.497 e. The predicted molar refractivity (Wildman–Crippen MR) is 104 cm³/mol. The molecule has 1 aliphatic heterocycles. The molecule has 0 bridgehead atoms. The third-order valence-corrected chi connectivity index (χ3v) is 4.94. The first-order valence-corrected chi connectivity index (χ1v) is 9.25. The van der Waals surface area contributed by atoms with Crippen LogP contribution in [0.5, 0.6) is 5.75 Å². The molecule has 0 radical (unpaired) electrons. The van der Waals surface area contributed by atoms with Crippen molar-refractivity contribution >= 4 is 23.2 Å². The molecule has 6 heteroatoms. The summed E-state index contributed by atoms with van der Waals surface area (Å²) in [6.07, 6.45) is 0. The number of quaternary nitrogens is 1. The van der Waals surface area contributed by atoms with Crippen molar-refractivity contribution in [3.8, 4) is 5.75 Å². The summed E-state index contributed by atoms with van der Waals surface area (Å²) in [6, 6.07) is 15.7. The quantitative estimate of drug-likeness (QED) is 0.802. The van der Waals surface area contributed by atoms with Gasteiger partial charge in [-0.1, -0.05) is 29.8 Å². The third kappa shape index (κ3) is 5.13. The Bertz CT molecular complexity index is 728. The van der Waals surface area contributed by atoms with Gasteiger partial charge in [-0.05, 0) is 35.9 Å². The molecule has 0 aromatic heterocycles. The van der Waals surface area contributed by atoms with E-state index in [9.17, 15) is 4.79 Å². The number of ether oxygens (including phenoxy) is 1. The maximum atomic E-state index is 12.2. The van der Waals surface area contributed by atoms with E-state index in [2.05, 4.69) is 16.3 Å². The summed E-state index contributed by atoms with van der Waals surface area (Å²) >= 11 is 6.07. The van der Waals surface area contributed by atoms with E-state index in [1.807, 2.05) is 42.5 Å². The van der Waals surface area contributed by atoms with Gasteiger partial charge in [0, 0.05) is 17.3 Å². The molecule has 1 saturated heterocycles. The Balaban J connectivity index is 1.41. The molecule has 1 fully saturated rings. The van der Waals surface area contributed by atoms with E-state index in [1.165, 1.54) is 4.90 Å². The molecule has 5 nitrogen and oxygen atoms in total. The monoisotopic (exact) mass is 374 g/mol. The number of nitrogens with zero attached hydrogens (tertiary/aromatic N) is 1. The number of piperazine rings is 1. The molecule has 1 heterocycles. The second kappa shape index (κ2) is 8.92. The molecule has 1 aliphatic rings. The summed E-state index contributed by atoms with van der Waals surface area (Å²) in [5.74, 6) is 0.911. The average Bonchev–Trinajstić information content (AvgIpc) is 2.67. The SMILES string of the molecule is COc1ccc(CNC(=O)C[NH+]2CCN(c3cccc(Cl)c3)CC2)cc1. The number of rotatable bonds is 6. The van der Waals surface area contributed by atoms with Crippen molar-refractivity contribution in [1.82, 2.24) is 5.32 Å². The topological polar surface area (TPSA) is 46.0 Å². The lowest BCUT2D eigenvalue weighted by molar-refractivity contribution is -0.892. The van der Waals surface area contributed by atoms with Gasteiger partial charge in [0.2, 0.25) is 0 Å². The van der Waals surface area contributed by atoms with Crippen molar-refractivity contribution in [2.75, 3.05) is 44.7 Å². The van der Waals surface area contributed by atoms with Crippen LogP contribution in [0.1, 0.15) is 5.56 Å². The normalized spacial score (nSPS) is 14.9. The summed E-state index contributed by atoms with van der Waals surface area (Å²) in [6.45, 7) is 4.82. The molecule has 0 atom stereocenters. The van der Waals surface area contributed by atoms with Gasteiger partial charge in [0.15, 0.2) is 6.54 Å². The lowest BCUT2D eigenvalue weighted by Gasteiger charge is -2.33. The van der Waals surface area contributed by atoms with Gasteiger partial charge in [-0.2, -0.15) is 0 Å². The Labute approximate surface area is 159 Å². The van der Waals surface area contributed by atoms with Crippen LogP contribution < -0.4 is 19.9 Å². The third-order valence-electron chi connectivity index (χ3n) is 4.70. The fourth-order valence-electron chi connectivity index (χ4n) is 3.16. The fourth-order valence-corrected chi connectivity index (χ4v) is 3.35. The van der Waals surface area contributed by atoms with E-state index in [0.717, 1.165) is 48.2 Å². The number of benzene rings is 2. The van der Waals surface area contributed by atoms with Crippen LogP contribution in [0.3, 0.4) is 0 Å². The molecule has 0 unspecified atom stereocenters. The summed E-state index contributed by atoms with van der Waals surface area (Å²) in [4.78, 5) is 15.9. The maximum Gasteiger partial charge on any atom is 0.275 e. The van der Waals surface area contributed by atoms with Crippen LogP contribution in [0.4, 0.5) is 5.69 Å². The van der Waals surface area contributed by atoms with Crippen molar-refractivity contribution in [1.29, 1.82) is 0 Å². The summed E-state index contributed by atoms with van der Waals surface area (Å²) in [7, 11) is 1.64. The first-order valence-electron chi connectivity index (χ1n) is 8.88. The highest BCUT2D eigenvalue weighted by Gasteiger charge is 2.22. The second-order valence-electron chi connectivity index (χ2n) is 6.52. The number of amides is 1. The first kappa shape index (κ1) is 18.5. The van der Waals surface area contributed by atoms with Crippen LogP contribution >= 0.6 is 11.6 Å². The zero-order valence-corrected chi connectivity index (χ0v) is 15.8. The molecule has 2 N–H and O–H groups in total. The van der Waals surface area contributed by atoms with Gasteiger partial charge in [0.1, 0.15) is 5.75 Å². The lowest BCUT2D eigenvalue weighted by Crippen LogP contribution is -3.15. The number of halogens is 1. The molecule has 138 valence electrons. The Morgan fingerprint density at radius 3 is 2.58 bits per heavy atom. The van der Waals surface area contributed by atoms with Crippen LogP contribution in [0.2, 0.25) is 5.02 Å². The highest BCUT2D eigenvalue weighted by Crippen LogP contribution is 2.19. The van der Waals surface area contributed by atoms with Crippen molar-refractivity contribution in [2.24, 2.45) is 0 Å². The predicted octanol–water partition coefficient (Wildman–Crippen LogP) is 1.37. The highest BCUT2D eigenvalue weighted by molar-refractivity contribution is 6.30. The highest BCUT2D eigenvalue weighted by atomic mass is 35.5. The van der Waals surface area contributed by atoms with Crippen molar-refractivity contribution in [2.45, 2.75) is 6.54 Å². The van der Waals surface area contributed by atoms with Crippen molar-refractivity contribution < 1.29 is 14.4 Å². The van der Waals surface area contributed by atoms with Gasteiger partial charge in [-0.15, -0.1) is 0 Å². The zero-order valence-electron chi connectivity index (χ0n) is 15.0.